The van der Waals surface area contributed by atoms with Gasteiger partial charge in [-0.3, -0.25) is 4.90 Å². The fourth-order valence-electron chi connectivity index (χ4n) is 2.29. The summed E-state index contributed by atoms with van der Waals surface area (Å²) in [6, 6.07) is 14.0. The molecule has 1 heterocycles. The minimum absolute atomic E-state index is 0.0351. The van der Waals surface area contributed by atoms with E-state index in [1.54, 1.807) is 4.90 Å². The molecule has 0 spiro atoms. The van der Waals surface area contributed by atoms with Crippen molar-refractivity contribution in [3.63, 3.8) is 0 Å². The van der Waals surface area contributed by atoms with Crippen LogP contribution in [0.3, 0.4) is 0 Å². The van der Waals surface area contributed by atoms with Gasteiger partial charge in [-0.2, -0.15) is 0 Å². The van der Waals surface area contributed by atoms with Gasteiger partial charge in [0.1, 0.15) is 5.75 Å². The van der Waals surface area contributed by atoms with Crippen LogP contribution in [0.2, 0.25) is 0 Å². The van der Waals surface area contributed by atoms with Gasteiger partial charge in [0.15, 0.2) is 0 Å². The Morgan fingerprint density at radius 3 is 2.59 bits per heavy atom. The molecule has 0 atom stereocenters. The Balaban J connectivity index is 1.66. The molecule has 2 amide bonds. The molecule has 1 saturated heterocycles. The van der Waals surface area contributed by atoms with Crippen molar-refractivity contribution in [3.8, 4) is 5.75 Å². The Kier molecular flexibility index (Phi) is 4.24. The normalized spacial score (nSPS) is 14.1. The van der Waals surface area contributed by atoms with Gasteiger partial charge in [0.2, 0.25) is 0 Å². The van der Waals surface area contributed by atoms with Crippen molar-refractivity contribution in [2.75, 3.05) is 18.0 Å². The molecule has 4 nitrogen and oxygen atoms in total. The van der Waals surface area contributed by atoms with E-state index in [0.29, 0.717) is 13.1 Å². The standard InChI is InChI=1S/C17H18N2O2S/c1-12-3-4-13(2)16(11-12)21-22-15-7-5-14(6-8-15)19-10-9-18-17(19)20/h3-8,11H,9-10H2,1-2H3,(H,18,20). The number of nitrogens with zero attached hydrogens (tertiary/aromatic N) is 1. The Morgan fingerprint density at radius 1 is 1.14 bits per heavy atom. The molecule has 22 heavy (non-hydrogen) atoms. The summed E-state index contributed by atoms with van der Waals surface area (Å²) in [7, 11) is 0. The molecule has 1 N–H and O–H groups in total. The minimum atomic E-state index is -0.0351. The van der Waals surface area contributed by atoms with Crippen LogP contribution in [0.15, 0.2) is 47.4 Å². The lowest BCUT2D eigenvalue weighted by Gasteiger charge is -2.14. The zero-order valence-corrected chi connectivity index (χ0v) is 13.4. The summed E-state index contributed by atoms with van der Waals surface area (Å²) < 4.78 is 5.81. The molecule has 0 saturated carbocycles. The van der Waals surface area contributed by atoms with E-state index in [0.717, 1.165) is 21.9 Å². The Morgan fingerprint density at radius 2 is 1.91 bits per heavy atom. The van der Waals surface area contributed by atoms with E-state index in [2.05, 4.69) is 17.4 Å². The summed E-state index contributed by atoms with van der Waals surface area (Å²) in [6.45, 7) is 5.49. The van der Waals surface area contributed by atoms with Crippen LogP contribution in [0.4, 0.5) is 10.5 Å². The maximum atomic E-state index is 11.6. The number of nitrogens with one attached hydrogen (secondary N) is 1. The first kappa shape index (κ1) is 14.8. The van der Waals surface area contributed by atoms with Crippen LogP contribution in [-0.2, 0) is 0 Å². The Bertz CT molecular complexity index is 686. The lowest BCUT2D eigenvalue weighted by molar-refractivity contribution is 0.252. The maximum Gasteiger partial charge on any atom is 0.321 e. The van der Waals surface area contributed by atoms with Crippen molar-refractivity contribution in [1.29, 1.82) is 0 Å². The molecule has 3 rings (SSSR count). The average Bonchev–Trinajstić information content (AvgIpc) is 2.95. The second kappa shape index (κ2) is 6.32. The molecular weight excluding hydrogens is 296 g/mol. The number of anilines is 1. The molecule has 1 fully saturated rings. The van der Waals surface area contributed by atoms with Gasteiger partial charge >= 0.3 is 6.03 Å². The molecule has 0 aromatic heterocycles. The SMILES string of the molecule is Cc1ccc(C)c(OSc2ccc(N3CCNC3=O)cc2)c1. The number of hydrogen-bond acceptors (Lipinski definition) is 3. The molecule has 2 aromatic rings. The van der Waals surface area contributed by atoms with Crippen LogP contribution >= 0.6 is 12.0 Å². The highest BCUT2D eigenvalue weighted by Gasteiger charge is 2.20. The number of amides is 2. The fraction of sp³-hybridized carbons (Fsp3) is 0.235. The second-order valence-corrected chi connectivity index (χ2v) is 6.12. The number of carbonyl (C=O) groups excluding carboxylic acids is 1. The van der Waals surface area contributed by atoms with Crippen LogP contribution in [0.1, 0.15) is 11.1 Å². The molecule has 0 bridgehead atoms. The molecule has 114 valence electrons. The van der Waals surface area contributed by atoms with Crippen LogP contribution in [0, 0.1) is 13.8 Å². The first-order valence-corrected chi connectivity index (χ1v) is 7.95. The summed E-state index contributed by atoms with van der Waals surface area (Å²) >= 11 is 1.33. The first-order valence-electron chi connectivity index (χ1n) is 7.21. The molecule has 0 aliphatic carbocycles. The van der Waals surface area contributed by atoms with Gasteiger partial charge < -0.3 is 9.50 Å². The maximum absolute atomic E-state index is 11.6. The third-order valence-electron chi connectivity index (χ3n) is 3.58. The summed E-state index contributed by atoms with van der Waals surface area (Å²) in [4.78, 5) is 14.4. The molecule has 0 unspecified atom stereocenters. The van der Waals surface area contributed by atoms with Crippen molar-refractivity contribution in [1.82, 2.24) is 5.32 Å². The van der Waals surface area contributed by atoms with Gasteiger partial charge in [-0.05, 0) is 55.3 Å². The number of rotatable bonds is 4. The number of hydrogen-bond donors (Lipinski definition) is 1. The predicted molar refractivity (Wildman–Crippen MR) is 89.6 cm³/mol. The van der Waals surface area contributed by atoms with E-state index < -0.39 is 0 Å². The van der Waals surface area contributed by atoms with Crippen LogP contribution in [-0.4, -0.2) is 19.1 Å². The van der Waals surface area contributed by atoms with Crippen molar-refractivity contribution >= 4 is 23.8 Å². The third kappa shape index (κ3) is 3.20. The van der Waals surface area contributed by atoms with E-state index in [1.165, 1.54) is 17.6 Å². The van der Waals surface area contributed by atoms with Crippen molar-refractivity contribution < 1.29 is 8.98 Å². The number of benzene rings is 2. The highest BCUT2D eigenvalue weighted by atomic mass is 32.2. The topological polar surface area (TPSA) is 41.6 Å². The molecular formula is C17H18N2O2S. The lowest BCUT2D eigenvalue weighted by atomic mass is 10.1. The van der Waals surface area contributed by atoms with E-state index in [9.17, 15) is 4.79 Å². The minimum Gasteiger partial charge on any atom is -0.420 e. The number of urea groups is 1. The van der Waals surface area contributed by atoms with E-state index >= 15 is 0 Å². The molecule has 2 aromatic carbocycles. The highest BCUT2D eigenvalue weighted by Crippen LogP contribution is 2.28. The third-order valence-corrected chi connectivity index (χ3v) is 4.30. The quantitative estimate of drug-likeness (QED) is 0.870. The monoisotopic (exact) mass is 314 g/mol. The van der Waals surface area contributed by atoms with Crippen LogP contribution in [0.5, 0.6) is 5.75 Å². The van der Waals surface area contributed by atoms with E-state index in [1.807, 2.05) is 44.2 Å². The zero-order chi connectivity index (χ0) is 15.5. The average molecular weight is 314 g/mol. The smallest absolute Gasteiger partial charge is 0.321 e. The van der Waals surface area contributed by atoms with Gasteiger partial charge in [-0.15, -0.1) is 0 Å². The number of aryl methyl sites for hydroxylation is 2. The van der Waals surface area contributed by atoms with E-state index in [4.69, 9.17) is 4.18 Å². The van der Waals surface area contributed by atoms with Gasteiger partial charge in [-0.1, -0.05) is 12.1 Å². The van der Waals surface area contributed by atoms with E-state index in [-0.39, 0.29) is 6.03 Å². The van der Waals surface area contributed by atoms with Gasteiger partial charge in [-0.25, -0.2) is 4.79 Å². The van der Waals surface area contributed by atoms with Crippen LogP contribution in [0.25, 0.3) is 0 Å². The fourth-order valence-corrected chi connectivity index (χ4v) is 2.90. The Labute approximate surface area is 134 Å². The predicted octanol–water partition coefficient (Wildman–Crippen LogP) is 3.92. The first-order chi connectivity index (χ1) is 10.6. The van der Waals surface area contributed by atoms with Crippen molar-refractivity contribution in [3.05, 3.63) is 53.6 Å². The largest absolute Gasteiger partial charge is 0.420 e. The zero-order valence-electron chi connectivity index (χ0n) is 12.6. The second-order valence-electron chi connectivity index (χ2n) is 5.31. The Hall–Kier alpha value is -2.14. The van der Waals surface area contributed by atoms with Crippen molar-refractivity contribution in [2.45, 2.75) is 18.7 Å². The summed E-state index contributed by atoms with van der Waals surface area (Å²) in [5, 5.41) is 2.80. The lowest BCUT2D eigenvalue weighted by Crippen LogP contribution is -2.27. The van der Waals surface area contributed by atoms with Crippen molar-refractivity contribution in [2.24, 2.45) is 0 Å². The molecule has 0 radical (unpaired) electrons. The summed E-state index contributed by atoms with van der Waals surface area (Å²) in [6.07, 6.45) is 0. The molecule has 5 heteroatoms. The molecule has 1 aliphatic rings. The molecule has 1 aliphatic heterocycles. The van der Waals surface area contributed by atoms with Gasteiger partial charge in [0.25, 0.3) is 0 Å². The van der Waals surface area contributed by atoms with Gasteiger partial charge in [0, 0.05) is 23.7 Å². The summed E-state index contributed by atoms with van der Waals surface area (Å²) in [5.41, 5.74) is 3.20. The summed E-state index contributed by atoms with van der Waals surface area (Å²) in [5.74, 6) is 0.882. The number of carbonyl (C=O) groups is 1. The van der Waals surface area contributed by atoms with Crippen LogP contribution < -0.4 is 14.4 Å². The highest BCUT2D eigenvalue weighted by molar-refractivity contribution is 7.95. The van der Waals surface area contributed by atoms with Gasteiger partial charge in [0.05, 0.1) is 12.0 Å².